The highest BCUT2D eigenvalue weighted by molar-refractivity contribution is 5.89. The van der Waals surface area contributed by atoms with E-state index in [4.69, 9.17) is 0 Å². The molecule has 27 heavy (non-hydrogen) atoms. The summed E-state index contributed by atoms with van der Waals surface area (Å²) in [4.78, 5) is 20.0. The first-order valence-electron chi connectivity index (χ1n) is 8.30. The van der Waals surface area contributed by atoms with Gasteiger partial charge in [0.1, 0.15) is 23.5 Å². The minimum atomic E-state index is -0.132. The molecule has 3 rings (SSSR count). The van der Waals surface area contributed by atoms with E-state index in [-0.39, 0.29) is 5.91 Å². The van der Waals surface area contributed by atoms with Crippen molar-refractivity contribution < 1.29 is 4.79 Å². The third-order valence-corrected chi connectivity index (χ3v) is 3.60. The number of nitrogens with one attached hydrogen (secondary N) is 3. The maximum absolute atomic E-state index is 11.2. The number of para-hydroxylation sites is 1. The summed E-state index contributed by atoms with van der Waals surface area (Å²) in [6.45, 7) is 3.26. The molecule has 0 saturated heterocycles. The van der Waals surface area contributed by atoms with Gasteiger partial charge >= 0.3 is 0 Å². The second kappa shape index (κ2) is 7.97. The Morgan fingerprint density at radius 1 is 0.963 bits per heavy atom. The van der Waals surface area contributed by atoms with Gasteiger partial charge in [-0.25, -0.2) is 9.97 Å². The zero-order valence-corrected chi connectivity index (χ0v) is 14.9. The van der Waals surface area contributed by atoms with Gasteiger partial charge in [-0.2, -0.15) is 5.26 Å². The van der Waals surface area contributed by atoms with Crippen LogP contribution < -0.4 is 16.0 Å². The standard InChI is InChI=1S/C20H18N6O/c1-13-22-19(25-17-8-5-7-16(10-17)24-14(2)27)11-20(23-13)26-18-9-4-3-6-15(18)12-21/h3-11H,1-2H3,(H,24,27)(H2,22,23,25,26). The fraction of sp³-hybridized carbons (Fsp3) is 0.100. The van der Waals surface area contributed by atoms with Crippen LogP contribution in [-0.4, -0.2) is 15.9 Å². The summed E-state index contributed by atoms with van der Waals surface area (Å²) in [7, 11) is 0. The van der Waals surface area contributed by atoms with E-state index in [0.29, 0.717) is 34.4 Å². The lowest BCUT2D eigenvalue weighted by molar-refractivity contribution is -0.114. The van der Waals surface area contributed by atoms with Crippen LogP contribution in [0.2, 0.25) is 0 Å². The van der Waals surface area contributed by atoms with Crippen molar-refractivity contribution in [3.63, 3.8) is 0 Å². The van der Waals surface area contributed by atoms with Crippen LogP contribution in [0.25, 0.3) is 0 Å². The molecule has 2 aromatic carbocycles. The zero-order chi connectivity index (χ0) is 19.2. The number of benzene rings is 2. The number of rotatable bonds is 5. The molecule has 0 spiro atoms. The first-order chi connectivity index (χ1) is 13.0. The quantitative estimate of drug-likeness (QED) is 0.634. The molecule has 7 nitrogen and oxygen atoms in total. The molecule has 0 aliphatic rings. The number of aromatic nitrogens is 2. The van der Waals surface area contributed by atoms with Gasteiger partial charge in [-0.3, -0.25) is 4.79 Å². The van der Waals surface area contributed by atoms with E-state index in [1.807, 2.05) is 42.5 Å². The van der Waals surface area contributed by atoms with E-state index in [1.54, 1.807) is 19.1 Å². The van der Waals surface area contributed by atoms with Gasteiger partial charge in [0.2, 0.25) is 5.91 Å². The predicted octanol–water partition coefficient (Wildman–Crippen LogP) is 4.10. The highest BCUT2D eigenvalue weighted by atomic mass is 16.1. The maximum Gasteiger partial charge on any atom is 0.221 e. The molecule has 1 amide bonds. The summed E-state index contributed by atoms with van der Waals surface area (Å²) in [6.07, 6.45) is 0. The summed E-state index contributed by atoms with van der Waals surface area (Å²) < 4.78 is 0. The van der Waals surface area contributed by atoms with Crippen LogP contribution in [0.5, 0.6) is 0 Å². The van der Waals surface area contributed by atoms with Gasteiger partial charge < -0.3 is 16.0 Å². The maximum atomic E-state index is 11.2. The third-order valence-electron chi connectivity index (χ3n) is 3.60. The number of hydrogen-bond donors (Lipinski definition) is 3. The first-order valence-corrected chi connectivity index (χ1v) is 8.30. The number of hydrogen-bond acceptors (Lipinski definition) is 6. The Morgan fingerprint density at radius 2 is 1.67 bits per heavy atom. The molecule has 1 aromatic heterocycles. The number of carbonyl (C=O) groups excluding carboxylic acids is 1. The molecule has 134 valence electrons. The van der Waals surface area contributed by atoms with E-state index in [0.717, 1.165) is 5.69 Å². The molecule has 0 aliphatic heterocycles. The Labute approximate surface area is 157 Å². The average Bonchev–Trinajstić information content (AvgIpc) is 2.61. The SMILES string of the molecule is CC(=O)Nc1cccc(Nc2cc(Nc3ccccc3C#N)nc(C)n2)c1. The average molecular weight is 358 g/mol. The number of anilines is 5. The lowest BCUT2D eigenvalue weighted by Crippen LogP contribution is -2.06. The fourth-order valence-corrected chi connectivity index (χ4v) is 2.55. The number of amides is 1. The summed E-state index contributed by atoms with van der Waals surface area (Å²) in [5.41, 5.74) is 2.69. The van der Waals surface area contributed by atoms with Gasteiger partial charge in [0.25, 0.3) is 0 Å². The Bertz CT molecular complexity index is 1020. The monoisotopic (exact) mass is 358 g/mol. The van der Waals surface area contributed by atoms with Gasteiger partial charge in [-0.15, -0.1) is 0 Å². The summed E-state index contributed by atoms with van der Waals surface area (Å²) >= 11 is 0. The van der Waals surface area contributed by atoms with Crippen molar-refractivity contribution in [2.75, 3.05) is 16.0 Å². The smallest absolute Gasteiger partial charge is 0.221 e. The number of nitrogens with zero attached hydrogens (tertiary/aromatic N) is 3. The van der Waals surface area contributed by atoms with Crippen LogP contribution in [0, 0.1) is 18.3 Å². The van der Waals surface area contributed by atoms with Gasteiger partial charge in [-0.05, 0) is 37.3 Å². The molecular formula is C20H18N6O. The Hall–Kier alpha value is -3.92. The molecule has 0 saturated carbocycles. The van der Waals surface area contributed by atoms with Crippen LogP contribution in [0.15, 0.2) is 54.6 Å². The molecule has 0 unspecified atom stereocenters. The van der Waals surface area contributed by atoms with Crippen molar-refractivity contribution in [1.29, 1.82) is 5.26 Å². The molecule has 0 atom stereocenters. The van der Waals surface area contributed by atoms with Crippen molar-refractivity contribution in [1.82, 2.24) is 9.97 Å². The molecule has 0 radical (unpaired) electrons. The number of carbonyl (C=O) groups is 1. The molecule has 3 aromatic rings. The molecule has 0 fully saturated rings. The molecule has 7 heteroatoms. The normalized spacial score (nSPS) is 9.96. The molecule has 0 bridgehead atoms. The minimum absolute atomic E-state index is 0.132. The van der Waals surface area contributed by atoms with Crippen molar-refractivity contribution in [3.05, 3.63) is 66.0 Å². The minimum Gasteiger partial charge on any atom is -0.340 e. The predicted molar refractivity (Wildman–Crippen MR) is 105 cm³/mol. The van der Waals surface area contributed by atoms with Gasteiger partial charge in [-0.1, -0.05) is 18.2 Å². The van der Waals surface area contributed by atoms with Crippen molar-refractivity contribution in [2.24, 2.45) is 0 Å². The molecule has 1 heterocycles. The van der Waals surface area contributed by atoms with E-state index in [1.165, 1.54) is 6.92 Å². The largest absolute Gasteiger partial charge is 0.340 e. The van der Waals surface area contributed by atoms with E-state index in [9.17, 15) is 10.1 Å². The van der Waals surface area contributed by atoms with E-state index >= 15 is 0 Å². The van der Waals surface area contributed by atoms with E-state index in [2.05, 4.69) is 32.0 Å². The summed E-state index contributed by atoms with van der Waals surface area (Å²) in [5.74, 6) is 1.62. The van der Waals surface area contributed by atoms with E-state index < -0.39 is 0 Å². The van der Waals surface area contributed by atoms with Crippen LogP contribution in [0.3, 0.4) is 0 Å². The van der Waals surface area contributed by atoms with Crippen LogP contribution in [0.1, 0.15) is 18.3 Å². The lowest BCUT2D eigenvalue weighted by atomic mass is 10.2. The van der Waals surface area contributed by atoms with Crippen molar-refractivity contribution >= 4 is 34.6 Å². The van der Waals surface area contributed by atoms with Crippen LogP contribution in [0.4, 0.5) is 28.7 Å². The Kier molecular flexibility index (Phi) is 5.28. The molecule has 0 aliphatic carbocycles. The molecule has 3 N–H and O–H groups in total. The van der Waals surface area contributed by atoms with Gasteiger partial charge in [0.05, 0.1) is 11.3 Å². The van der Waals surface area contributed by atoms with Gasteiger partial charge in [0.15, 0.2) is 0 Å². The third kappa shape index (κ3) is 4.80. The first kappa shape index (κ1) is 17.9. The lowest BCUT2D eigenvalue weighted by Gasteiger charge is -2.12. The second-order valence-corrected chi connectivity index (χ2v) is 5.86. The highest BCUT2D eigenvalue weighted by Gasteiger charge is 2.06. The second-order valence-electron chi connectivity index (χ2n) is 5.86. The summed E-state index contributed by atoms with van der Waals surface area (Å²) in [6, 6.07) is 18.5. The molecular weight excluding hydrogens is 340 g/mol. The van der Waals surface area contributed by atoms with Crippen molar-refractivity contribution in [3.8, 4) is 6.07 Å². The highest BCUT2D eigenvalue weighted by Crippen LogP contribution is 2.23. The Morgan fingerprint density at radius 3 is 2.41 bits per heavy atom. The number of nitriles is 1. The van der Waals surface area contributed by atoms with Crippen LogP contribution in [-0.2, 0) is 4.79 Å². The number of aryl methyl sites for hydroxylation is 1. The van der Waals surface area contributed by atoms with Crippen LogP contribution >= 0.6 is 0 Å². The topological polar surface area (TPSA) is 103 Å². The zero-order valence-electron chi connectivity index (χ0n) is 14.9. The fourth-order valence-electron chi connectivity index (χ4n) is 2.55. The van der Waals surface area contributed by atoms with Gasteiger partial charge in [0, 0.05) is 24.4 Å². The van der Waals surface area contributed by atoms with Crippen molar-refractivity contribution in [2.45, 2.75) is 13.8 Å². The summed E-state index contributed by atoms with van der Waals surface area (Å²) in [5, 5.41) is 18.3. The Balaban J connectivity index is 1.84.